The van der Waals surface area contributed by atoms with Gasteiger partial charge in [0.15, 0.2) is 0 Å². The van der Waals surface area contributed by atoms with Gasteiger partial charge in [-0.05, 0) is 72.8 Å². The van der Waals surface area contributed by atoms with E-state index < -0.39 is 25.9 Å². The van der Waals surface area contributed by atoms with Crippen LogP contribution in [0.1, 0.15) is 0 Å². The van der Waals surface area contributed by atoms with Crippen molar-refractivity contribution in [1.82, 2.24) is 0 Å². The summed E-state index contributed by atoms with van der Waals surface area (Å²) in [5.41, 5.74) is 0.400. The lowest BCUT2D eigenvalue weighted by molar-refractivity contribution is 0.414. The van der Waals surface area contributed by atoms with Crippen molar-refractivity contribution in [3.05, 3.63) is 78.6 Å². The molecular weight excluding hydrogens is 419 g/mol. The molecule has 10 heteroatoms. The lowest BCUT2D eigenvalue weighted by atomic mass is 10.3. The minimum Gasteiger partial charge on any atom is -0.497 e. The van der Waals surface area contributed by atoms with Gasteiger partial charge in [0.05, 0.1) is 16.9 Å². The van der Waals surface area contributed by atoms with Crippen molar-refractivity contribution < 1.29 is 26.0 Å². The van der Waals surface area contributed by atoms with E-state index in [2.05, 4.69) is 9.44 Å². The molecule has 0 aliphatic heterocycles. The van der Waals surface area contributed by atoms with Crippen LogP contribution in [0, 0.1) is 5.82 Å². The number of hydrogen-bond acceptors (Lipinski definition) is 5. The van der Waals surface area contributed by atoms with Crippen molar-refractivity contribution in [3.63, 3.8) is 0 Å². The van der Waals surface area contributed by atoms with Gasteiger partial charge in [-0.1, -0.05) is 0 Å². The molecule has 152 valence electrons. The minimum atomic E-state index is -3.91. The van der Waals surface area contributed by atoms with Crippen molar-refractivity contribution in [3.8, 4) is 5.75 Å². The van der Waals surface area contributed by atoms with E-state index in [1.54, 1.807) is 0 Å². The molecule has 3 rings (SSSR count). The van der Waals surface area contributed by atoms with Crippen LogP contribution in [0.5, 0.6) is 5.75 Å². The van der Waals surface area contributed by atoms with Gasteiger partial charge in [0.2, 0.25) is 0 Å². The molecule has 0 aromatic heterocycles. The smallest absolute Gasteiger partial charge is 0.261 e. The van der Waals surface area contributed by atoms with Gasteiger partial charge in [0.1, 0.15) is 11.6 Å². The average Bonchev–Trinajstić information content (AvgIpc) is 2.70. The molecule has 3 aromatic rings. The Morgan fingerprint density at radius 2 is 1.03 bits per heavy atom. The Morgan fingerprint density at radius 1 is 0.655 bits per heavy atom. The molecule has 7 nitrogen and oxygen atoms in total. The molecule has 2 N–H and O–H groups in total. The highest BCUT2D eigenvalue weighted by Crippen LogP contribution is 2.22. The standard InChI is InChI=1S/C19H17FN2O5S2/c1-27-17-8-12-19(13-9-17)29(25,26)22-16-6-10-18(11-7-16)28(23,24)21-15-4-2-14(20)3-5-15/h2-13,21-22H,1H3. The molecule has 0 radical (unpaired) electrons. The number of nitrogens with one attached hydrogen (secondary N) is 2. The molecule has 0 aliphatic carbocycles. The van der Waals surface area contributed by atoms with E-state index in [-0.39, 0.29) is 21.2 Å². The van der Waals surface area contributed by atoms with Crippen molar-refractivity contribution in [1.29, 1.82) is 0 Å². The first-order chi connectivity index (χ1) is 13.7. The molecule has 0 fully saturated rings. The fourth-order valence-electron chi connectivity index (χ4n) is 2.40. The third kappa shape index (κ3) is 5.04. The first-order valence-corrected chi connectivity index (χ1v) is 11.2. The van der Waals surface area contributed by atoms with Gasteiger partial charge < -0.3 is 4.74 Å². The van der Waals surface area contributed by atoms with E-state index in [4.69, 9.17) is 4.74 Å². The molecule has 0 amide bonds. The van der Waals surface area contributed by atoms with Crippen LogP contribution < -0.4 is 14.2 Å². The van der Waals surface area contributed by atoms with E-state index in [9.17, 15) is 21.2 Å². The van der Waals surface area contributed by atoms with E-state index in [1.165, 1.54) is 67.8 Å². The molecule has 0 heterocycles. The summed E-state index contributed by atoms with van der Waals surface area (Å²) in [5, 5.41) is 0. The summed E-state index contributed by atoms with van der Waals surface area (Å²) in [6.45, 7) is 0. The van der Waals surface area contributed by atoms with Crippen molar-refractivity contribution in [2.24, 2.45) is 0 Å². The molecule has 0 spiro atoms. The third-order valence-corrected chi connectivity index (χ3v) is 6.68. The number of benzene rings is 3. The summed E-state index contributed by atoms with van der Waals surface area (Å²) in [7, 11) is -6.28. The first-order valence-electron chi connectivity index (χ1n) is 8.25. The lowest BCUT2D eigenvalue weighted by Gasteiger charge is -2.11. The number of ether oxygens (including phenoxy) is 1. The Kier molecular flexibility index (Phi) is 5.76. The molecule has 0 saturated heterocycles. The van der Waals surface area contributed by atoms with Crippen LogP contribution in [-0.4, -0.2) is 23.9 Å². The molecule has 29 heavy (non-hydrogen) atoms. The van der Waals surface area contributed by atoms with E-state index >= 15 is 0 Å². The maximum absolute atomic E-state index is 12.9. The van der Waals surface area contributed by atoms with Gasteiger partial charge in [-0.25, -0.2) is 21.2 Å². The second-order valence-corrected chi connectivity index (χ2v) is 9.28. The van der Waals surface area contributed by atoms with Crippen LogP contribution in [0.15, 0.2) is 82.6 Å². The maximum atomic E-state index is 12.9. The van der Waals surface area contributed by atoms with Gasteiger partial charge in [-0.15, -0.1) is 0 Å². The van der Waals surface area contributed by atoms with Crippen LogP contribution in [0.4, 0.5) is 15.8 Å². The van der Waals surface area contributed by atoms with Gasteiger partial charge >= 0.3 is 0 Å². The Balaban J connectivity index is 1.75. The predicted molar refractivity (Wildman–Crippen MR) is 107 cm³/mol. The number of sulfonamides is 2. The van der Waals surface area contributed by atoms with Gasteiger partial charge in [-0.2, -0.15) is 0 Å². The topological polar surface area (TPSA) is 102 Å². The fraction of sp³-hybridized carbons (Fsp3) is 0.0526. The molecule has 0 aliphatic rings. The third-order valence-electron chi connectivity index (χ3n) is 3.88. The second-order valence-electron chi connectivity index (χ2n) is 5.92. The van der Waals surface area contributed by atoms with Crippen molar-refractivity contribution in [2.45, 2.75) is 9.79 Å². The molecule has 0 atom stereocenters. The van der Waals surface area contributed by atoms with E-state index in [0.717, 1.165) is 12.1 Å². The first kappa shape index (κ1) is 20.6. The SMILES string of the molecule is COc1ccc(S(=O)(=O)Nc2ccc(S(=O)(=O)Nc3ccc(F)cc3)cc2)cc1. The number of rotatable bonds is 7. The molecule has 0 unspecified atom stereocenters. The summed E-state index contributed by atoms with van der Waals surface area (Å²) in [6.07, 6.45) is 0. The molecule has 0 saturated carbocycles. The predicted octanol–water partition coefficient (Wildman–Crippen LogP) is 3.44. The van der Waals surface area contributed by atoms with E-state index in [0.29, 0.717) is 5.75 Å². The number of hydrogen-bond donors (Lipinski definition) is 2. The second kappa shape index (κ2) is 8.10. The number of methoxy groups -OCH3 is 1. The van der Waals surface area contributed by atoms with Crippen LogP contribution in [0.2, 0.25) is 0 Å². The highest BCUT2D eigenvalue weighted by atomic mass is 32.2. The number of anilines is 2. The maximum Gasteiger partial charge on any atom is 0.261 e. The Bertz CT molecular complexity index is 1190. The Morgan fingerprint density at radius 3 is 1.45 bits per heavy atom. The van der Waals surface area contributed by atoms with Crippen LogP contribution >= 0.6 is 0 Å². The fourth-order valence-corrected chi connectivity index (χ4v) is 4.52. The zero-order valence-electron chi connectivity index (χ0n) is 15.2. The summed E-state index contributed by atoms with van der Waals surface area (Å²) in [4.78, 5) is -0.0396. The average molecular weight is 436 g/mol. The summed E-state index contributed by atoms with van der Waals surface area (Å²) < 4.78 is 72.3. The summed E-state index contributed by atoms with van der Waals surface area (Å²) in [5.74, 6) is 0.0357. The lowest BCUT2D eigenvalue weighted by Crippen LogP contribution is -2.14. The number of halogens is 1. The van der Waals surface area contributed by atoms with Gasteiger partial charge in [0, 0.05) is 11.4 Å². The van der Waals surface area contributed by atoms with Crippen LogP contribution in [0.3, 0.4) is 0 Å². The molecular formula is C19H17FN2O5S2. The largest absolute Gasteiger partial charge is 0.497 e. The van der Waals surface area contributed by atoms with Gasteiger partial charge in [-0.3, -0.25) is 9.44 Å². The molecule has 0 bridgehead atoms. The normalized spacial score (nSPS) is 11.7. The molecule has 3 aromatic carbocycles. The van der Waals surface area contributed by atoms with Crippen molar-refractivity contribution in [2.75, 3.05) is 16.6 Å². The summed E-state index contributed by atoms with van der Waals surface area (Å²) in [6, 6.07) is 15.9. The van der Waals surface area contributed by atoms with Crippen LogP contribution in [0.25, 0.3) is 0 Å². The highest BCUT2D eigenvalue weighted by Gasteiger charge is 2.17. The monoisotopic (exact) mass is 436 g/mol. The summed E-state index contributed by atoms with van der Waals surface area (Å²) >= 11 is 0. The quantitative estimate of drug-likeness (QED) is 0.591. The minimum absolute atomic E-state index is 0.0352. The van der Waals surface area contributed by atoms with Gasteiger partial charge in [0.25, 0.3) is 20.0 Å². The van der Waals surface area contributed by atoms with Crippen molar-refractivity contribution >= 4 is 31.4 Å². The zero-order chi connectivity index (χ0) is 21.1. The van der Waals surface area contributed by atoms with E-state index in [1.807, 2.05) is 0 Å². The van der Waals surface area contributed by atoms with Crippen LogP contribution in [-0.2, 0) is 20.0 Å². The Hall–Kier alpha value is -3.11. The highest BCUT2D eigenvalue weighted by molar-refractivity contribution is 7.93. The Labute approximate surface area is 168 Å². The zero-order valence-corrected chi connectivity index (χ0v) is 16.8.